The average Bonchev–Trinajstić information content (AvgIpc) is 2.40. The Morgan fingerprint density at radius 3 is 2.41 bits per heavy atom. The molecule has 1 unspecified atom stereocenters. The van der Waals surface area contributed by atoms with Gasteiger partial charge >= 0.3 is 0 Å². The van der Waals surface area contributed by atoms with Gasteiger partial charge in [0, 0.05) is 5.41 Å². The van der Waals surface area contributed by atoms with Gasteiger partial charge in [-0.05, 0) is 24.5 Å². The first-order valence-electron chi connectivity index (χ1n) is 6.20. The molecule has 0 aliphatic rings. The Morgan fingerprint density at radius 2 is 1.94 bits per heavy atom. The van der Waals surface area contributed by atoms with Crippen LogP contribution in [-0.4, -0.2) is 0 Å². The minimum absolute atomic E-state index is 0.0789. The van der Waals surface area contributed by atoms with Gasteiger partial charge in [0.15, 0.2) is 0 Å². The van der Waals surface area contributed by atoms with Gasteiger partial charge in [0.1, 0.15) is 0 Å². The molecule has 0 amide bonds. The smallest absolute Gasteiger partial charge is 0.0168 e. The molecule has 1 aromatic rings. The van der Waals surface area contributed by atoms with E-state index in [1.54, 1.807) is 0 Å². The number of hydrogen-bond donors (Lipinski definition) is 0. The Bertz CT molecular complexity index is 409. The molecule has 0 heteroatoms. The van der Waals surface area contributed by atoms with Gasteiger partial charge < -0.3 is 0 Å². The topological polar surface area (TPSA) is 0 Å². The minimum atomic E-state index is 0.0789. The van der Waals surface area contributed by atoms with Crippen LogP contribution >= 0.6 is 0 Å². The normalized spacial score (nSPS) is 15.8. The lowest BCUT2D eigenvalue weighted by Gasteiger charge is -2.30. The molecule has 1 aromatic carbocycles. The van der Waals surface area contributed by atoms with Gasteiger partial charge in [0.25, 0.3) is 0 Å². The monoisotopic (exact) mass is 226 g/mol. The molecule has 1 rings (SSSR count). The Morgan fingerprint density at radius 1 is 1.29 bits per heavy atom. The van der Waals surface area contributed by atoms with E-state index in [1.807, 2.05) is 12.2 Å². The van der Waals surface area contributed by atoms with Crippen LogP contribution in [0.2, 0.25) is 0 Å². The van der Waals surface area contributed by atoms with Crippen LogP contribution in [0.3, 0.4) is 0 Å². The first-order valence-corrected chi connectivity index (χ1v) is 6.20. The van der Waals surface area contributed by atoms with Crippen LogP contribution < -0.4 is 0 Å². The summed E-state index contributed by atoms with van der Waals surface area (Å²) in [4.78, 5) is 0. The van der Waals surface area contributed by atoms with Crippen molar-refractivity contribution in [3.05, 3.63) is 72.4 Å². The molecule has 0 saturated carbocycles. The SMILES string of the molecule is C=C/C=C\C(=C/C)C(C)(CC)c1ccccc1. The van der Waals surface area contributed by atoms with E-state index in [2.05, 4.69) is 69.8 Å². The summed E-state index contributed by atoms with van der Waals surface area (Å²) in [6, 6.07) is 10.7. The van der Waals surface area contributed by atoms with Crippen molar-refractivity contribution in [3.63, 3.8) is 0 Å². The highest BCUT2D eigenvalue weighted by atomic mass is 14.3. The molecule has 1 atom stereocenters. The van der Waals surface area contributed by atoms with E-state index in [-0.39, 0.29) is 5.41 Å². The van der Waals surface area contributed by atoms with Crippen LogP contribution in [0.25, 0.3) is 0 Å². The van der Waals surface area contributed by atoms with Gasteiger partial charge in [-0.25, -0.2) is 0 Å². The predicted octanol–water partition coefficient (Wildman–Crippen LogP) is 5.04. The second-order valence-electron chi connectivity index (χ2n) is 4.39. The van der Waals surface area contributed by atoms with Crippen LogP contribution in [0.5, 0.6) is 0 Å². The van der Waals surface area contributed by atoms with Crippen molar-refractivity contribution in [2.45, 2.75) is 32.6 Å². The van der Waals surface area contributed by atoms with Gasteiger partial charge in [-0.1, -0.05) is 75.1 Å². The summed E-state index contributed by atoms with van der Waals surface area (Å²) in [7, 11) is 0. The molecule has 0 nitrogen and oxygen atoms in total. The molecule has 17 heavy (non-hydrogen) atoms. The maximum absolute atomic E-state index is 3.73. The summed E-state index contributed by atoms with van der Waals surface area (Å²) in [5.41, 5.74) is 2.78. The Kier molecular flexibility index (Phi) is 4.96. The highest BCUT2D eigenvalue weighted by Crippen LogP contribution is 2.35. The summed E-state index contributed by atoms with van der Waals surface area (Å²) in [6.07, 6.45) is 9.26. The highest BCUT2D eigenvalue weighted by molar-refractivity contribution is 5.41. The van der Waals surface area contributed by atoms with Crippen molar-refractivity contribution in [2.24, 2.45) is 0 Å². The molecule has 0 N–H and O–H groups in total. The van der Waals surface area contributed by atoms with E-state index < -0.39 is 0 Å². The molecule has 0 aromatic heterocycles. The lowest BCUT2D eigenvalue weighted by Crippen LogP contribution is -2.22. The molecule has 0 aliphatic heterocycles. The van der Waals surface area contributed by atoms with Crippen LogP contribution in [0.15, 0.2) is 66.8 Å². The molecule has 0 fully saturated rings. The van der Waals surface area contributed by atoms with Gasteiger partial charge in [0.05, 0.1) is 0 Å². The van der Waals surface area contributed by atoms with Crippen molar-refractivity contribution < 1.29 is 0 Å². The van der Waals surface area contributed by atoms with Crippen molar-refractivity contribution in [1.82, 2.24) is 0 Å². The maximum atomic E-state index is 3.73. The van der Waals surface area contributed by atoms with Crippen LogP contribution in [0.4, 0.5) is 0 Å². The fraction of sp³-hybridized carbons (Fsp3) is 0.294. The standard InChI is InChI=1S/C17H22/c1-5-8-12-15(6-2)17(4,7-3)16-13-10-9-11-14-16/h5-6,8-14H,1,7H2,2-4H3/b12-8-,15-6+. The quantitative estimate of drug-likeness (QED) is 0.617. The zero-order chi connectivity index (χ0) is 12.7. The van der Waals surface area contributed by atoms with Crippen LogP contribution in [0.1, 0.15) is 32.8 Å². The zero-order valence-corrected chi connectivity index (χ0v) is 11.1. The van der Waals surface area contributed by atoms with Crippen molar-refractivity contribution in [2.75, 3.05) is 0 Å². The zero-order valence-electron chi connectivity index (χ0n) is 11.1. The van der Waals surface area contributed by atoms with Gasteiger partial charge in [0.2, 0.25) is 0 Å². The maximum Gasteiger partial charge on any atom is 0.0168 e. The molecule has 0 radical (unpaired) electrons. The van der Waals surface area contributed by atoms with E-state index in [9.17, 15) is 0 Å². The molecule has 90 valence electrons. The van der Waals surface area contributed by atoms with Crippen molar-refractivity contribution >= 4 is 0 Å². The third-order valence-corrected chi connectivity index (χ3v) is 3.48. The molecular formula is C17H22. The van der Waals surface area contributed by atoms with E-state index in [0.717, 1.165) is 6.42 Å². The first kappa shape index (κ1) is 13.5. The summed E-state index contributed by atoms with van der Waals surface area (Å²) in [5, 5.41) is 0. The second-order valence-corrected chi connectivity index (χ2v) is 4.39. The summed E-state index contributed by atoms with van der Waals surface area (Å²) >= 11 is 0. The molecule has 0 aliphatic carbocycles. The number of rotatable bonds is 5. The fourth-order valence-corrected chi connectivity index (χ4v) is 2.15. The molecule has 0 heterocycles. The lowest BCUT2D eigenvalue weighted by atomic mass is 9.73. The fourth-order valence-electron chi connectivity index (χ4n) is 2.15. The van der Waals surface area contributed by atoms with Crippen LogP contribution in [-0.2, 0) is 5.41 Å². The first-order chi connectivity index (χ1) is 8.19. The van der Waals surface area contributed by atoms with Gasteiger partial charge in [-0.3, -0.25) is 0 Å². The van der Waals surface area contributed by atoms with Crippen molar-refractivity contribution in [3.8, 4) is 0 Å². The molecule has 0 bridgehead atoms. The predicted molar refractivity (Wildman–Crippen MR) is 77.2 cm³/mol. The second kappa shape index (κ2) is 6.24. The van der Waals surface area contributed by atoms with E-state index in [0.29, 0.717) is 0 Å². The van der Waals surface area contributed by atoms with E-state index in [4.69, 9.17) is 0 Å². The number of allylic oxidation sites excluding steroid dienone is 5. The van der Waals surface area contributed by atoms with Gasteiger partial charge in [-0.15, -0.1) is 0 Å². The highest BCUT2D eigenvalue weighted by Gasteiger charge is 2.26. The Balaban J connectivity index is 3.19. The Hall–Kier alpha value is -1.56. The Labute approximate surface area is 105 Å². The summed E-state index contributed by atoms with van der Waals surface area (Å²) < 4.78 is 0. The van der Waals surface area contributed by atoms with E-state index >= 15 is 0 Å². The lowest BCUT2D eigenvalue weighted by molar-refractivity contribution is 0.547. The number of benzene rings is 1. The van der Waals surface area contributed by atoms with E-state index in [1.165, 1.54) is 11.1 Å². The van der Waals surface area contributed by atoms with Gasteiger partial charge in [-0.2, -0.15) is 0 Å². The van der Waals surface area contributed by atoms with Crippen LogP contribution in [0, 0.1) is 0 Å². The van der Waals surface area contributed by atoms with Crippen molar-refractivity contribution in [1.29, 1.82) is 0 Å². The summed E-state index contributed by atoms with van der Waals surface area (Å²) in [6.45, 7) is 10.4. The largest absolute Gasteiger partial charge is 0.0991 e. The molecular weight excluding hydrogens is 204 g/mol. The third kappa shape index (κ3) is 2.97. The molecule has 0 spiro atoms. The minimum Gasteiger partial charge on any atom is -0.0991 e. The number of hydrogen-bond acceptors (Lipinski definition) is 0. The average molecular weight is 226 g/mol. The summed E-state index contributed by atoms with van der Waals surface area (Å²) in [5.74, 6) is 0. The molecule has 0 saturated heterocycles. The third-order valence-electron chi connectivity index (χ3n) is 3.48.